The lowest BCUT2D eigenvalue weighted by molar-refractivity contribution is 0.395. The fourth-order valence-corrected chi connectivity index (χ4v) is 3.88. The predicted molar refractivity (Wildman–Crippen MR) is 94.6 cm³/mol. The van der Waals surface area contributed by atoms with Gasteiger partial charge in [-0.15, -0.1) is 0 Å². The van der Waals surface area contributed by atoms with E-state index in [2.05, 4.69) is 43.4 Å². The number of anilines is 2. The van der Waals surface area contributed by atoms with E-state index in [0.717, 1.165) is 23.4 Å². The molecule has 0 saturated heterocycles. The maximum Gasteiger partial charge on any atom is 0.211 e. The molecule has 0 atom stereocenters. The van der Waals surface area contributed by atoms with E-state index in [1.165, 1.54) is 27.3 Å². The van der Waals surface area contributed by atoms with Gasteiger partial charge < -0.3 is 5.32 Å². The maximum atomic E-state index is 11.8. The maximum absolute atomic E-state index is 11.8. The Bertz CT molecular complexity index is 844. The van der Waals surface area contributed by atoms with Crippen molar-refractivity contribution in [1.82, 2.24) is 4.31 Å². The molecule has 4 nitrogen and oxygen atoms in total. The highest BCUT2D eigenvalue weighted by molar-refractivity contribution is 7.88. The Morgan fingerprint density at radius 1 is 1.09 bits per heavy atom. The van der Waals surface area contributed by atoms with Crippen LogP contribution in [-0.4, -0.2) is 25.5 Å². The van der Waals surface area contributed by atoms with Crippen LogP contribution in [0.3, 0.4) is 0 Å². The van der Waals surface area contributed by atoms with Gasteiger partial charge in [-0.05, 0) is 49.1 Å². The summed E-state index contributed by atoms with van der Waals surface area (Å²) in [4.78, 5) is 0. The Balaban J connectivity index is 1.91. The molecule has 3 rings (SSSR count). The molecule has 0 aliphatic carbocycles. The van der Waals surface area contributed by atoms with Crippen molar-refractivity contribution in [2.75, 3.05) is 18.1 Å². The second-order valence-corrected chi connectivity index (χ2v) is 8.22. The van der Waals surface area contributed by atoms with Gasteiger partial charge in [-0.2, -0.15) is 4.31 Å². The molecule has 0 amide bonds. The minimum Gasteiger partial charge on any atom is -0.355 e. The summed E-state index contributed by atoms with van der Waals surface area (Å²) in [6.45, 7) is 5.17. The van der Waals surface area contributed by atoms with Crippen LogP contribution in [0.1, 0.15) is 22.3 Å². The van der Waals surface area contributed by atoms with Crippen LogP contribution in [0, 0.1) is 13.8 Å². The minimum absolute atomic E-state index is 0.455. The standard InChI is InChI=1S/C18H22N2O2S/c1-13-7-8-17(14(2)11-13)19-18-6-4-5-15-12-20(23(3,21)22)10-9-16(15)18/h4-8,11,19H,9-10,12H2,1-3H3. The Kier molecular flexibility index (Phi) is 4.17. The molecule has 1 heterocycles. The Labute approximate surface area is 138 Å². The van der Waals surface area contributed by atoms with E-state index in [9.17, 15) is 8.42 Å². The summed E-state index contributed by atoms with van der Waals surface area (Å²) >= 11 is 0. The topological polar surface area (TPSA) is 49.4 Å². The lowest BCUT2D eigenvalue weighted by Gasteiger charge is -2.28. The summed E-state index contributed by atoms with van der Waals surface area (Å²) < 4.78 is 25.1. The quantitative estimate of drug-likeness (QED) is 0.939. The zero-order valence-electron chi connectivity index (χ0n) is 13.8. The van der Waals surface area contributed by atoms with Crippen molar-refractivity contribution in [3.05, 3.63) is 58.7 Å². The normalized spacial score (nSPS) is 15.3. The first-order valence-electron chi connectivity index (χ1n) is 7.75. The zero-order chi connectivity index (χ0) is 16.6. The van der Waals surface area contributed by atoms with E-state index in [4.69, 9.17) is 0 Å². The third-order valence-electron chi connectivity index (χ3n) is 4.35. The lowest BCUT2D eigenvalue weighted by atomic mass is 9.98. The van der Waals surface area contributed by atoms with Crippen LogP contribution in [0.4, 0.5) is 11.4 Å². The van der Waals surface area contributed by atoms with Crippen LogP contribution in [-0.2, 0) is 23.0 Å². The molecule has 0 aromatic heterocycles. The van der Waals surface area contributed by atoms with Crippen LogP contribution >= 0.6 is 0 Å². The van der Waals surface area contributed by atoms with E-state index in [0.29, 0.717) is 13.1 Å². The van der Waals surface area contributed by atoms with Crippen molar-refractivity contribution in [3.63, 3.8) is 0 Å². The molecule has 23 heavy (non-hydrogen) atoms. The molecular formula is C18H22N2O2S. The summed E-state index contributed by atoms with van der Waals surface area (Å²) in [5.74, 6) is 0. The summed E-state index contributed by atoms with van der Waals surface area (Å²) in [6, 6.07) is 12.4. The Hall–Kier alpha value is -1.85. The average Bonchev–Trinajstić information content (AvgIpc) is 2.49. The molecule has 0 unspecified atom stereocenters. The number of hydrogen-bond donors (Lipinski definition) is 1. The van der Waals surface area contributed by atoms with Gasteiger partial charge in [0.15, 0.2) is 0 Å². The predicted octanol–water partition coefficient (Wildman–Crippen LogP) is 3.36. The van der Waals surface area contributed by atoms with E-state index >= 15 is 0 Å². The third kappa shape index (κ3) is 3.41. The number of nitrogens with zero attached hydrogens (tertiary/aromatic N) is 1. The van der Waals surface area contributed by atoms with Crippen LogP contribution in [0.5, 0.6) is 0 Å². The molecule has 122 valence electrons. The second kappa shape index (κ2) is 5.98. The number of hydrogen-bond acceptors (Lipinski definition) is 3. The molecule has 2 aromatic carbocycles. The van der Waals surface area contributed by atoms with Crippen molar-refractivity contribution in [2.24, 2.45) is 0 Å². The van der Waals surface area contributed by atoms with E-state index < -0.39 is 10.0 Å². The number of sulfonamides is 1. The first-order valence-corrected chi connectivity index (χ1v) is 9.59. The molecule has 1 N–H and O–H groups in total. The molecule has 1 aliphatic rings. The van der Waals surface area contributed by atoms with Crippen LogP contribution in [0.25, 0.3) is 0 Å². The molecule has 1 aliphatic heterocycles. The molecule has 5 heteroatoms. The average molecular weight is 330 g/mol. The smallest absolute Gasteiger partial charge is 0.211 e. The van der Waals surface area contributed by atoms with Gasteiger partial charge in [0, 0.05) is 24.5 Å². The van der Waals surface area contributed by atoms with Crippen molar-refractivity contribution in [1.29, 1.82) is 0 Å². The van der Waals surface area contributed by atoms with Crippen LogP contribution in [0.15, 0.2) is 36.4 Å². The largest absolute Gasteiger partial charge is 0.355 e. The monoisotopic (exact) mass is 330 g/mol. The molecule has 0 fully saturated rings. The van der Waals surface area contributed by atoms with E-state index in [-0.39, 0.29) is 0 Å². The van der Waals surface area contributed by atoms with Gasteiger partial charge in [0.2, 0.25) is 10.0 Å². The summed E-state index contributed by atoms with van der Waals surface area (Å²) in [7, 11) is -3.14. The highest BCUT2D eigenvalue weighted by atomic mass is 32.2. The highest BCUT2D eigenvalue weighted by Gasteiger charge is 2.24. The van der Waals surface area contributed by atoms with Gasteiger partial charge in [-0.25, -0.2) is 8.42 Å². The summed E-state index contributed by atoms with van der Waals surface area (Å²) in [6.07, 6.45) is 2.01. The van der Waals surface area contributed by atoms with Crippen molar-refractivity contribution in [2.45, 2.75) is 26.8 Å². The van der Waals surface area contributed by atoms with Gasteiger partial charge in [0.05, 0.1) is 6.26 Å². The van der Waals surface area contributed by atoms with Crippen LogP contribution in [0.2, 0.25) is 0 Å². The van der Waals surface area contributed by atoms with Gasteiger partial charge in [0.25, 0.3) is 0 Å². The van der Waals surface area contributed by atoms with Gasteiger partial charge in [0.1, 0.15) is 0 Å². The molecule has 2 aromatic rings. The number of fused-ring (bicyclic) bond motifs is 1. The minimum atomic E-state index is -3.14. The first kappa shape index (κ1) is 16.0. The fraction of sp³-hybridized carbons (Fsp3) is 0.333. The number of rotatable bonds is 3. The van der Waals surface area contributed by atoms with E-state index in [1.807, 2.05) is 12.1 Å². The Morgan fingerprint density at radius 2 is 1.87 bits per heavy atom. The van der Waals surface area contributed by atoms with Crippen molar-refractivity contribution >= 4 is 21.4 Å². The molecule has 0 spiro atoms. The number of aryl methyl sites for hydroxylation is 2. The molecular weight excluding hydrogens is 308 g/mol. The lowest BCUT2D eigenvalue weighted by Crippen LogP contribution is -2.35. The van der Waals surface area contributed by atoms with Gasteiger partial charge in [-0.3, -0.25) is 0 Å². The summed E-state index contributed by atoms with van der Waals surface area (Å²) in [5, 5.41) is 3.51. The fourth-order valence-electron chi connectivity index (χ4n) is 3.08. The summed E-state index contributed by atoms with van der Waals surface area (Å²) in [5.41, 5.74) is 6.91. The second-order valence-electron chi connectivity index (χ2n) is 6.23. The van der Waals surface area contributed by atoms with Crippen molar-refractivity contribution < 1.29 is 8.42 Å². The molecule has 0 bridgehead atoms. The SMILES string of the molecule is Cc1ccc(Nc2cccc3c2CCN(S(C)(=O)=O)C3)c(C)c1. The van der Waals surface area contributed by atoms with E-state index in [1.54, 1.807) is 0 Å². The number of benzene rings is 2. The van der Waals surface area contributed by atoms with Crippen molar-refractivity contribution in [3.8, 4) is 0 Å². The Morgan fingerprint density at radius 3 is 2.57 bits per heavy atom. The molecule has 0 saturated carbocycles. The zero-order valence-corrected chi connectivity index (χ0v) is 14.6. The van der Waals surface area contributed by atoms with Crippen LogP contribution < -0.4 is 5.32 Å². The first-order chi connectivity index (χ1) is 10.8. The molecule has 0 radical (unpaired) electrons. The van der Waals surface area contributed by atoms with Gasteiger partial charge >= 0.3 is 0 Å². The van der Waals surface area contributed by atoms with Gasteiger partial charge in [-0.1, -0.05) is 29.8 Å². The highest BCUT2D eigenvalue weighted by Crippen LogP contribution is 2.30. The third-order valence-corrected chi connectivity index (χ3v) is 5.60. The number of nitrogens with one attached hydrogen (secondary N) is 1.